The van der Waals surface area contributed by atoms with E-state index in [1.807, 2.05) is 6.08 Å². The minimum atomic E-state index is -1.09. The number of hydrogen-bond donors (Lipinski definition) is 4. The van der Waals surface area contributed by atoms with E-state index >= 15 is 0 Å². The van der Waals surface area contributed by atoms with Gasteiger partial charge in [0.15, 0.2) is 0 Å². The van der Waals surface area contributed by atoms with Crippen molar-refractivity contribution in [3.05, 3.63) is 12.2 Å². The fraction of sp³-hybridized carbons (Fsp3) is 0.947. The van der Waals surface area contributed by atoms with Crippen LogP contribution in [0.1, 0.15) is 322 Å². The van der Waals surface area contributed by atoms with Crippen LogP contribution in [0.4, 0.5) is 0 Å². The molecule has 3 unspecified atom stereocenters. The molecule has 0 heterocycles. The molecule has 0 bridgehead atoms. The zero-order valence-corrected chi connectivity index (χ0v) is 42.3. The Morgan fingerprint density at radius 1 is 0.387 bits per heavy atom. The van der Waals surface area contributed by atoms with Crippen LogP contribution in [-0.2, 0) is 4.79 Å². The van der Waals surface area contributed by atoms with Gasteiger partial charge in [0, 0.05) is 0 Å². The van der Waals surface area contributed by atoms with E-state index in [1.54, 1.807) is 6.08 Å². The molecular formula is C57H113NO4. The van der Waals surface area contributed by atoms with Crippen LogP contribution >= 0.6 is 0 Å². The van der Waals surface area contributed by atoms with Crippen molar-refractivity contribution < 1.29 is 20.1 Å². The van der Waals surface area contributed by atoms with Gasteiger partial charge in [0.1, 0.15) is 6.10 Å². The molecule has 0 aromatic heterocycles. The monoisotopic (exact) mass is 876 g/mol. The second-order valence-electron chi connectivity index (χ2n) is 19.9. The maximum Gasteiger partial charge on any atom is 0.249 e. The smallest absolute Gasteiger partial charge is 0.249 e. The minimum absolute atomic E-state index is 0.358. The third-order valence-corrected chi connectivity index (χ3v) is 13.6. The number of aliphatic hydroxyl groups excluding tert-OH is 3. The van der Waals surface area contributed by atoms with Crippen LogP contribution in [0.25, 0.3) is 0 Å². The zero-order chi connectivity index (χ0) is 45.1. The van der Waals surface area contributed by atoms with E-state index in [9.17, 15) is 20.1 Å². The van der Waals surface area contributed by atoms with E-state index in [4.69, 9.17) is 0 Å². The minimum Gasteiger partial charge on any atom is -0.394 e. The highest BCUT2D eigenvalue weighted by Gasteiger charge is 2.22. The summed E-state index contributed by atoms with van der Waals surface area (Å²) in [4.78, 5) is 12.6. The van der Waals surface area contributed by atoms with Crippen LogP contribution in [0.3, 0.4) is 0 Å². The lowest BCUT2D eigenvalue weighted by molar-refractivity contribution is -0.131. The van der Waals surface area contributed by atoms with Crippen LogP contribution in [-0.4, -0.2) is 46.1 Å². The number of carbonyl (C=O) groups excluding carboxylic acids is 1. The van der Waals surface area contributed by atoms with Gasteiger partial charge in [0.2, 0.25) is 5.91 Å². The Morgan fingerprint density at radius 2 is 0.629 bits per heavy atom. The van der Waals surface area contributed by atoms with Crippen molar-refractivity contribution in [2.24, 2.45) is 0 Å². The highest BCUT2D eigenvalue weighted by molar-refractivity contribution is 5.80. The molecule has 370 valence electrons. The second-order valence-corrected chi connectivity index (χ2v) is 19.9. The Labute approximate surface area is 389 Å². The molecule has 0 fully saturated rings. The van der Waals surface area contributed by atoms with Gasteiger partial charge in [-0.05, 0) is 19.3 Å². The van der Waals surface area contributed by atoms with Gasteiger partial charge in [-0.15, -0.1) is 0 Å². The van der Waals surface area contributed by atoms with Crippen molar-refractivity contribution >= 4 is 5.91 Å². The van der Waals surface area contributed by atoms with Gasteiger partial charge < -0.3 is 20.6 Å². The molecule has 0 aliphatic heterocycles. The maximum atomic E-state index is 12.6. The average molecular weight is 877 g/mol. The fourth-order valence-corrected chi connectivity index (χ4v) is 9.19. The van der Waals surface area contributed by atoms with Gasteiger partial charge in [0.05, 0.1) is 18.8 Å². The Hall–Kier alpha value is -0.910. The van der Waals surface area contributed by atoms with Gasteiger partial charge >= 0.3 is 0 Å². The van der Waals surface area contributed by atoms with E-state index in [-0.39, 0.29) is 6.61 Å². The fourth-order valence-electron chi connectivity index (χ4n) is 9.19. The number of nitrogens with one attached hydrogen (secondary N) is 1. The third kappa shape index (κ3) is 47.1. The van der Waals surface area contributed by atoms with Gasteiger partial charge in [-0.1, -0.05) is 315 Å². The van der Waals surface area contributed by atoms with Crippen molar-refractivity contribution in [3.8, 4) is 0 Å². The lowest BCUT2D eigenvalue weighted by Gasteiger charge is -2.21. The molecule has 5 heteroatoms. The van der Waals surface area contributed by atoms with Crippen LogP contribution < -0.4 is 5.32 Å². The Bertz CT molecular complexity index is 879. The normalized spacial score (nSPS) is 13.3. The average Bonchev–Trinajstić information content (AvgIpc) is 3.28. The molecule has 0 aliphatic rings. The number of unbranched alkanes of at least 4 members (excludes halogenated alkanes) is 45. The van der Waals surface area contributed by atoms with Crippen molar-refractivity contribution in [1.82, 2.24) is 5.32 Å². The molecule has 0 aromatic carbocycles. The highest BCUT2D eigenvalue weighted by Crippen LogP contribution is 2.18. The molecular weight excluding hydrogens is 763 g/mol. The maximum absolute atomic E-state index is 12.6. The first-order valence-corrected chi connectivity index (χ1v) is 28.5. The van der Waals surface area contributed by atoms with E-state index < -0.39 is 24.2 Å². The Balaban J connectivity index is 3.54. The van der Waals surface area contributed by atoms with Crippen LogP contribution in [0, 0.1) is 0 Å². The van der Waals surface area contributed by atoms with Gasteiger partial charge in [-0.25, -0.2) is 0 Å². The van der Waals surface area contributed by atoms with Crippen molar-refractivity contribution in [1.29, 1.82) is 0 Å². The molecule has 0 saturated heterocycles. The van der Waals surface area contributed by atoms with Gasteiger partial charge in [-0.2, -0.15) is 0 Å². The van der Waals surface area contributed by atoms with E-state index in [0.29, 0.717) is 6.42 Å². The molecule has 0 aromatic rings. The summed E-state index contributed by atoms with van der Waals surface area (Å²) in [5, 5.41) is 33.4. The van der Waals surface area contributed by atoms with Gasteiger partial charge in [-0.3, -0.25) is 4.79 Å². The number of allylic oxidation sites excluding steroid dienone is 1. The largest absolute Gasteiger partial charge is 0.394 e. The van der Waals surface area contributed by atoms with E-state index in [1.165, 1.54) is 270 Å². The van der Waals surface area contributed by atoms with Gasteiger partial charge in [0.25, 0.3) is 0 Å². The molecule has 62 heavy (non-hydrogen) atoms. The first-order chi connectivity index (χ1) is 30.6. The molecule has 0 saturated carbocycles. The van der Waals surface area contributed by atoms with Crippen LogP contribution in [0.5, 0.6) is 0 Å². The summed E-state index contributed by atoms with van der Waals surface area (Å²) in [7, 11) is 0. The number of hydrogen-bond acceptors (Lipinski definition) is 4. The van der Waals surface area contributed by atoms with Crippen molar-refractivity contribution in [2.45, 2.75) is 340 Å². The Kier molecular flexibility index (Phi) is 51.9. The quantitative estimate of drug-likeness (QED) is 0.0362. The SMILES string of the molecule is CCCCCCCCCCCCCCCCCCCCCCCC/C=C/C(O)C(CO)NC(=O)C(O)CCCCCCCCCCCCCCCCCCCCCCCCCC. The lowest BCUT2D eigenvalue weighted by atomic mass is 10.0. The number of aliphatic hydroxyl groups is 3. The predicted molar refractivity (Wildman–Crippen MR) is 273 cm³/mol. The molecule has 5 nitrogen and oxygen atoms in total. The van der Waals surface area contributed by atoms with Crippen molar-refractivity contribution in [2.75, 3.05) is 6.61 Å². The van der Waals surface area contributed by atoms with Crippen LogP contribution in [0.15, 0.2) is 12.2 Å². The molecule has 0 rings (SSSR count). The third-order valence-electron chi connectivity index (χ3n) is 13.6. The highest BCUT2D eigenvalue weighted by atomic mass is 16.3. The molecule has 4 N–H and O–H groups in total. The molecule has 0 spiro atoms. The van der Waals surface area contributed by atoms with E-state index in [0.717, 1.165) is 32.1 Å². The number of amides is 1. The summed E-state index contributed by atoms with van der Waals surface area (Å²) >= 11 is 0. The summed E-state index contributed by atoms with van der Waals surface area (Å²) < 4.78 is 0. The first kappa shape index (κ1) is 61.1. The summed E-state index contributed by atoms with van der Waals surface area (Å²) in [5.74, 6) is -0.495. The number of rotatable bonds is 53. The zero-order valence-electron chi connectivity index (χ0n) is 42.3. The standard InChI is InChI=1S/C57H113NO4/c1-3-5-7-9-11-13-15-17-19-21-23-25-27-29-31-33-35-37-39-41-43-45-47-49-51-55(60)54(53-59)58-57(62)56(61)52-50-48-46-44-42-40-38-36-34-32-30-28-26-24-22-20-18-16-14-12-10-8-6-4-2/h49,51,54-56,59-61H,3-48,50,52-53H2,1-2H3,(H,58,62)/b51-49+. The first-order valence-electron chi connectivity index (χ1n) is 28.5. The molecule has 1 amide bonds. The molecule has 0 aliphatic carbocycles. The molecule has 3 atom stereocenters. The summed E-state index contributed by atoms with van der Waals surface area (Å²) in [6.45, 7) is 4.23. The molecule has 0 radical (unpaired) electrons. The Morgan fingerprint density at radius 3 is 0.887 bits per heavy atom. The topological polar surface area (TPSA) is 89.8 Å². The summed E-state index contributed by atoms with van der Waals surface area (Å²) in [6.07, 6.45) is 65.8. The van der Waals surface area contributed by atoms with E-state index in [2.05, 4.69) is 19.2 Å². The summed E-state index contributed by atoms with van der Waals surface area (Å²) in [6, 6.07) is -0.794. The van der Waals surface area contributed by atoms with Crippen molar-refractivity contribution in [3.63, 3.8) is 0 Å². The lowest BCUT2D eigenvalue weighted by Crippen LogP contribution is -2.48. The van der Waals surface area contributed by atoms with Crippen LogP contribution in [0.2, 0.25) is 0 Å². The second kappa shape index (κ2) is 52.7. The summed E-state index contributed by atoms with van der Waals surface area (Å²) in [5.41, 5.74) is 0. The predicted octanol–water partition coefficient (Wildman–Crippen LogP) is 17.5. The number of carbonyl (C=O) groups is 1.